The highest BCUT2D eigenvalue weighted by molar-refractivity contribution is 7.93. The highest BCUT2D eigenvalue weighted by atomic mass is 32.2. The van der Waals surface area contributed by atoms with Crippen LogP contribution in [0.15, 0.2) is 97.3 Å². The third-order valence-electron chi connectivity index (χ3n) is 6.68. The first-order valence-corrected chi connectivity index (χ1v) is 17.5. The van der Waals surface area contributed by atoms with Gasteiger partial charge in [0.25, 0.3) is 0 Å². The van der Waals surface area contributed by atoms with Crippen molar-refractivity contribution in [1.29, 1.82) is 0 Å². The molecule has 46 heavy (non-hydrogen) atoms. The van der Waals surface area contributed by atoms with E-state index in [1.165, 1.54) is 28.1 Å². The molecule has 0 spiro atoms. The second kappa shape index (κ2) is 16.6. The van der Waals surface area contributed by atoms with Crippen molar-refractivity contribution in [3.05, 3.63) is 120 Å². The minimum atomic E-state index is -3.44. The number of Topliss-reactive ketones (excluding diaryl/α,β-unsaturated/α-hetero) is 1. The number of pyridine rings is 2. The van der Waals surface area contributed by atoms with Gasteiger partial charge >= 0.3 is 5.97 Å². The Labute approximate surface area is 270 Å². The number of anilines is 2. The van der Waals surface area contributed by atoms with E-state index in [9.17, 15) is 26.4 Å². The Morgan fingerprint density at radius 2 is 1.09 bits per heavy atom. The summed E-state index contributed by atoms with van der Waals surface area (Å²) in [6.45, 7) is 3.32. The predicted octanol–water partition coefficient (Wildman–Crippen LogP) is 3.80. The van der Waals surface area contributed by atoms with Gasteiger partial charge in [-0.3, -0.25) is 23.4 Å². The zero-order valence-corrected chi connectivity index (χ0v) is 27.4. The summed E-state index contributed by atoms with van der Waals surface area (Å²) in [4.78, 5) is 31.2. The summed E-state index contributed by atoms with van der Waals surface area (Å²) in [6.07, 6.45) is 2.80. The van der Waals surface area contributed by atoms with Crippen molar-refractivity contribution in [2.75, 3.05) is 33.8 Å². The maximum absolute atomic E-state index is 12.4. The van der Waals surface area contributed by atoms with Crippen LogP contribution in [0.25, 0.3) is 0 Å². The number of aromatic nitrogens is 2. The second-order valence-electron chi connectivity index (χ2n) is 9.68. The number of para-hydroxylation sites is 2. The van der Waals surface area contributed by atoms with E-state index in [0.717, 1.165) is 0 Å². The molecule has 0 radical (unpaired) electrons. The second-order valence-corrected chi connectivity index (χ2v) is 14.0. The molecule has 0 aliphatic heterocycles. The van der Waals surface area contributed by atoms with Crippen LogP contribution in [0.4, 0.5) is 11.4 Å². The van der Waals surface area contributed by atoms with Crippen LogP contribution in [0.5, 0.6) is 0 Å². The van der Waals surface area contributed by atoms with E-state index in [4.69, 9.17) is 5.73 Å². The van der Waals surface area contributed by atoms with Gasteiger partial charge in [-0.1, -0.05) is 36.4 Å². The van der Waals surface area contributed by atoms with E-state index < -0.39 is 26.0 Å². The first kappa shape index (κ1) is 35.8. The number of ketones is 1. The first-order chi connectivity index (χ1) is 21.9. The SMILES string of the molecule is CCS(=O)(=O)N(Cc1ccc(C(=O)CN)cn1)c1ccccc1.CCS(=O)(=O)N(Cc1ccc(C(=O)OC)cn1)c1ccccc1. The number of ether oxygens (including phenoxy) is 1. The van der Waals surface area contributed by atoms with Gasteiger partial charge in [-0.05, 0) is 62.4 Å². The van der Waals surface area contributed by atoms with Crippen molar-refractivity contribution in [2.24, 2.45) is 5.73 Å². The van der Waals surface area contributed by atoms with Crippen LogP contribution in [-0.2, 0) is 37.9 Å². The summed E-state index contributed by atoms with van der Waals surface area (Å²) in [5.41, 5.74) is 8.30. The number of sulfonamides is 2. The van der Waals surface area contributed by atoms with Crippen molar-refractivity contribution in [3.63, 3.8) is 0 Å². The van der Waals surface area contributed by atoms with E-state index in [0.29, 0.717) is 33.9 Å². The highest BCUT2D eigenvalue weighted by Gasteiger charge is 2.22. The summed E-state index contributed by atoms with van der Waals surface area (Å²) in [5, 5.41) is 0. The number of nitrogens with zero attached hydrogens (tertiary/aromatic N) is 4. The standard InChI is InChI=1S/C16H19N3O3S.C16H18N2O4S/c1-2-23(21,22)19(15-6-4-3-5-7-15)12-14-9-8-13(11-18-14)16(20)10-17;1-3-23(20,21)18(15-7-5-4-6-8-15)12-14-10-9-13(11-17-14)16(19)22-2/h3-9,11H,2,10,12,17H2,1H3;4-11H,3,12H2,1-2H3. The van der Waals surface area contributed by atoms with Gasteiger partial charge in [0.2, 0.25) is 20.0 Å². The van der Waals surface area contributed by atoms with Gasteiger partial charge in [-0.2, -0.15) is 0 Å². The molecule has 4 aromatic rings. The van der Waals surface area contributed by atoms with Gasteiger partial charge in [0.05, 0.1) is 66.6 Å². The van der Waals surface area contributed by atoms with Crippen LogP contribution in [-0.4, -0.2) is 63.7 Å². The number of rotatable bonds is 13. The molecule has 0 saturated heterocycles. The number of methoxy groups -OCH3 is 1. The molecule has 0 saturated carbocycles. The van der Waals surface area contributed by atoms with Crippen LogP contribution in [0.3, 0.4) is 0 Å². The summed E-state index contributed by atoms with van der Waals surface area (Å²) in [6, 6.07) is 24.1. The molecule has 2 aromatic heterocycles. The van der Waals surface area contributed by atoms with E-state index in [1.807, 2.05) is 12.1 Å². The molecule has 12 nitrogen and oxygen atoms in total. The van der Waals surface area contributed by atoms with Crippen LogP contribution in [0.2, 0.25) is 0 Å². The van der Waals surface area contributed by atoms with Gasteiger partial charge in [0.1, 0.15) is 0 Å². The molecule has 244 valence electrons. The van der Waals surface area contributed by atoms with E-state index in [-0.39, 0.29) is 36.9 Å². The monoisotopic (exact) mass is 667 g/mol. The molecule has 2 aromatic carbocycles. The lowest BCUT2D eigenvalue weighted by molar-refractivity contribution is 0.0600. The van der Waals surface area contributed by atoms with Crippen molar-refractivity contribution in [1.82, 2.24) is 9.97 Å². The fraction of sp³-hybridized carbons (Fsp3) is 0.250. The van der Waals surface area contributed by atoms with Gasteiger partial charge in [-0.25, -0.2) is 21.6 Å². The molecular weight excluding hydrogens is 631 g/mol. The van der Waals surface area contributed by atoms with Crippen LogP contribution in [0, 0.1) is 0 Å². The predicted molar refractivity (Wildman–Crippen MR) is 177 cm³/mol. The average molecular weight is 668 g/mol. The smallest absolute Gasteiger partial charge is 0.339 e. The summed E-state index contributed by atoms with van der Waals surface area (Å²) >= 11 is 0. The Morgan fingerprint density at radius 3 is 1.41 bits per heavy atom. The Hall–Kier alpha value is -4.66. The van der Waals surface area contributed by atoms with E-state index in [1.54, 1.807) is 86.6 Å². The summed E-state index contributed by atoms with van der Waals surface area (Å²) in [5.74, 6) is -0.705. The van der Waals surface area contributed by atoms with Crippen molar-refractivity contribution >= 4 is 43.2 Å². The third-order valence-corrected chi connectivity index (χ3v) is 10.2. The minimum absolute atomic E-state index is 0.00830. The quantitative estimate of drug-likeness (QED) is 0.163. The van der Waals surface area contributed by atoms with E-state index in [2.05, 4.69) is 14.7 Å². The molecule has 0 amide bonds. The Bertz CT molecular complexity index is 1650. The van der Waals surface area contributed by atoms with Crippen LogP contribution >= 0.6 is 0 Å². The number of carbonyl (C=O) groups excluding carboxylic acids is 2. The molecule has 2 N–H and O–H groups in total. The largest absolute Gasteiger partial charge is 0.465 e. The lowest BCUT2D eigenvalue weighted by Crippen LogP contribution is -2.32. The molecule has 4 rings (SSSR count). The average Bonchev–Trinajstić information content (AvgIpc) is 3.10. The first-order valence-electron chi connectivity index (χ1n) is 14.3. The summed E-state index contributed by atoms with van der Waals surface area (Å²) < 4.78 is 56.7. The molecule has 0 aliphatic carbocycles. The maximum Gasteiger partial charge on any atom is 0.339 e. The lowest BCUT2D eigenvalue weighted by atomic mass is 10.2. The highest BCUT2D eigenvalue weighted by Crippen LogP contribution is 2.22. The maximum atomic E-state index is 12.4. The Balaban J connectivity index is 0.000000250. The molecule has 0 bridgehead atoms. The van der Waals surface area contributed by atoms with Crippen molar-refractivity contribution in [2.45, 2.75) is 26.9 Å². The molecule has 2 heterocycles. The topological polar surface area (TPSA) is 170 Å². The fourth-order valence-electron chi connectivity index (χ4n) is 4.05. The molecule has 0 aliphatic rings. The number of hydrogen-bond acceptors (Lipinski definition) is 10. The number of benzene rings is 2. The molecule has 0 atom stereocenters. The Kier molecular flexibility index (Phi) is 12.9. The Morgan fingerprint density at radius 1 is 0.674 bits per heavy atom. The lowest BCUT2D eigenvalue weighted by Gasteiger charge is -2.23. The number of hydrogen-bond donors (Lipinski definition) is 1. The zero-order valence-electron chi connectivity index (χ0n) is 25.8. The normalized spacial score (nSPS) is 11.1. The summed E-state index contributed by atoms with van der Waals surface area (Å²) in [7, 11) is -5.58. The van der Waals surface area contributed by atoms with Crippen LogP contribution < -0.4 is 14.3 Å². The minimum Gasteiger partial charge on any atom is -0.465 e. The van der Waals surface area contributed by atoms with Crippen molar-refractivity contribution < 1.29 is 31.2 Å². The van der Waals surface area contributed by atoms with Crippen LogP contribution in [0.1, 0.15) is 46.0 Å². The number of esters is 1. The van der Waals surface area contributed by atoms with Crippen molar-refractivity contribution in [3.8, 4) is 0 Å². The van der Waals surface area contributed by atoms with Gasteiger partial charge in [0, 0.05) is 18.0 Å². The van der Waals surface area contributed by atoms with E-state index >= 15 is 0 Å². The van der Waals surface area contributed by atoms with Gasteiger partial charge in [0.15, 0.2) is 5.78 Å². The number of nitrogens with two attached hydrogens (primary N) is 1. The molecule has 0 unspecified atom stereocenters. The zero-order chi connectivity index (χ0) is 33.7. The fourth-order valence-corrected chi connectivity index (χ4v) is 6.22. The molecule has 14 heteroatoms. The molecule has 0 fully saturated rings. The molecular formula is C32H37N5O7S2. The van der Waals surface area contributed by atoms with Gasteiger partial charge < -0.3 is 10.5 Å². The number of carbonyl (C=O) groups is 2. The third kappa shape index (κ3) is 9.67. The van der Waals surface area contributed by atoms with Gasteiger partial charge in [-0.15, -0.1) is 0 Å².